The summed E-state index contributed by atoms with van der Waals surface area (Å²) in [5, 5.41) is 0. The summed E-state index contributed by atoms with van der Waals surface area (Å²) in [6.45, 7) is -3.59. The van der Waals surface area contributed by atoms with E-state index >= 15 is 0 Å². The SMILES string of the molecule is C#CCN1C(=O)COc2cc(F)c(N3C(=O)c4ccc(OC(F)F)cc4C3=O)cc21. The number of carbonyl (C=O) groups is 3. The monoisotopic (exact) mass is 416 g/mol. The number of imide groups is 1. The van der Waals surface area contributed by atoms with E-state index in [0.29, 0.717) is 4.90 Å². The van der Waals surface area contributed by atoms with Crippen molar-refractivity contribution in [2.24, 2.45) is 0 Å². The van der Waals surface area contributed by atoms with Crippen molar-refractivity contribution in [3.8, 4) is 23.8 Å². The number of nitrogens with zero attached hydrogens (tertiary/aromatic N) is 2. The van der Waals surface area contributed by atoms with E-state index in [2.05, 4.69) is 10.7 Å². The Hall–Kier alpha value is -4.00. The van der Waals surface area contributed by atoms with Crippen LogP contribution in [0.2, 0.25) is 0 Å². The molecule has 0 aliphatic carbocycles. The van der Waals surface area contributed by atoms with Gasteiger partial charge in [-0.05, 0) is 24.3 Å². The number of ether oxygens (including phenoxy) is 2. The molecule has 2 aliphatic rings. The second-order valence-corrected chi connectivity index (χ2v) is 6.28. The molecule has 0 saturated heterocycles. The fraction of sp³-hybridized carbons (Fsp3) is 0.150. The molecule has 0 saturated carbocycles. The van der Waals surface area contributed by atoms with Crippen molar-refractivity contribution < 1.29 is 37.0 Å². The fourth-order valence-electron chi connectivity index (χ4n) is 3.26. The minimum atomic E-state index is -3.12. The van der Waals surface area contributed by atoms with Crippen molar-refractivity contribution in [2.45, 2.75) is 6.61 Å². The van der Waals surface area contributed by atoms with Crippen LogP contribution in [0.1, 0.15) is 20.7 Å². The first-order chi connectivity index (χ1) is 14.3. The average molecular weight is 416 g/mol. The van der Waals surface area contributed by atoms with Crippen LogP contribution < -0.4 is 19.3 Å². The first-order valence-corrected chi connectivity index (χ1v) is 8.49. The van der Waals surface area contributed by atoms with E-state index < -0.39 is 35.8 Å². The third kappa shape index (κ3) is 3.00. The Morgan fingerprint density at radius 2 is 1.83 bits per heavy atom. The van der Waals surface area contributed by atoms with E-state index in [1.165, 1.54) is 0 Å². The second kappa shape index (κ2) is 7.11. The van der Waals surface area contributed by atoms with Crippen LogP contribution in [-0.2, 0) is 4.79 Å². The minimum Gasteiger partial charge on any atom is -0.481 e. The Labute approximate surface area is 167 Å². The number of carbonyl (C=O) groups excluding carboxylic acids is 3. The molecule has 0 fully saturated rings. The normalized spacial score (nSPS) is 15.1. The topological polar surface area (TPSA) is 76.2 Å². The summed E-state index contributed by atoms with van der Waals surface area (Å²) in [5.41, 5.74) is -0.662. The summed E-state index contributed by atoms with van der Waals surface area (Å²) < 4.78 is 49.1. The Morgan fingerprint density at radius 3 is 2.53 bits per heavy atom. The lowest BCUT2D eigenvalue weighted by atomic mass is 10.1. The van der Waals surface area contributed by atoms with Crippen LogP contribution in [0.4, 0.5) is 24.5 Å². The largest absolute Gasteiger partial charge is 0.481 e. The standard InChI is InChI=1S/C20H11F3N2O5/c1-2-5-24-15-8-14(13(21)7-16(15)29-9-17(24)26)25-18(27)11-4-3-10(30-20(22)23)6-12(11)19(25)28/h1,3-4,6-8,20H,5,9H2. The van der Waals surface area contributed by atoms with Crippen LogP contribution >= 0.6 is 0 Å². The van der Waals surface area contributed by atoms with Crippen molar-refractivity contribution in [1.82, 2.24) is 0 Å². The number of alkyl halides is 2. The van der Waals surface area contributed by atoms with E-state index in [9.17, 15) is 27.6 Å². The Kier molecular flexibility index (Phi) is 4.58. The molecule has 0 unspecified atom stereocenters. The molecule has 3 amide bonds. The maximum absolute atomic E-state index is 14.8. The van der Waals surface area contributed by atoms with Crippen LogP contribution in [0.3, 0.4) is 0 Å². The molecule has 2 heterocycles. The Morgan fingerprint density at radius 1 is 1.10 bits per heavy atom. The molecule has 0 N–H and O–H groups in total. The molecule has 0 bridgehead atoms. The van der Waals surface area contributed by atoms with E-state index in [1.807, 2.05) is 0 Å². The van der Waals surface area contributed by atoms with E-state index in [4.69, 9.17) is 11.2 Å². The van der Waals surface area contributed by atoms with Gasteiger partial charge in [-0.25, -0.2) is 9.29 Å². The molecule has 0 aromatic heterocycles. The molecule has 2 aromatic carbocycles. The summed E-state index contributed by atoms with van der Waals surface area (Å²) in [5.74, 6) is -1.22. The van der Waals surface area contributed by atoms with Gasteiger partial charge < -0.3 is 9.47 Å². The number of rotatable bonds is 4. The third-order valence-electron chi connectivity index (χ3n) is 4.54. The highest BCUT2D eigenvalue weighted by Gasteiger charge is 2.40. The number of halogens is 3. The predicted octanol–water partition coefficient (Wildman–Crippen LogP) is 2.59. The van der Waals surface area contributed by atoms with Crippen LogP contribution in [0, 0.1) is 18.2 Å². The van der Waals surface area contributed by atoms with Crippen LogP contribution in [0.15, 0.2) is 30.3 Å². The van der Waals surface area contributed by atoms with Gasteiger partial charge in [0, 0.05) is 6.07 Å². The molecule has 0 spiro atoms. The molecule has 7 nitrogen and oxygen atoms in total. The highest BCUT2D eigenvalue weighted by Crippen LogP contribution is 2.40. The van der Waals surface area contributed by atoms with Crippen molar-refractivity contribution in [2.75, 3.05) is 23.0 Å². The summed E-state index contributed by atoms with van der Waals surface area (Å²) >= 11 is 0. The molecule has 4 rings (SSSR count). The third-order valence-corrected chi connectivity index (χ3v) is 4.54. The zero-order valence-electron chi connectivity index (χ0n) is 15.0. The highest BCUT2D eigenvalue weighted by molar-refractivity contribution is 6.34. The van der Waals surface area contributed by atoms with E-state index in [1.54, 1.807) is 0 Å². The van der Waals surface area contributed by atoms with Crippen molar-refractivity contribution in [3.63, 3.8) is 0 Å². The van der Waals surface area contributed by atoms with Gasteiger partial charge in [0.2, 0.25) is 0 Å². The van der Waals surface area contributed by atoms with Gasteiger partial charge in [-0.15, -0.1) is 6.42 Å². The zero-order valence-corrected chi connectivity index (χ0v) is 15.0. The smallest absolute Gasteiger partial charge is 0.387 e. The van der Waals surface area contributed by atoms with Crippen LogP contribution in [-0.4, -0.2) is 37.5 Å². The lowest BCUT2D eigenvalue weighted by Gasteiger charge is -2.29. The van der Waals surface area contributed by atoms with Crippen molar-refractivity contribution in [3.05, 3.63) is 47.3 Å². The average Bonchev–Trinajstić information content (AvgIpc) is 2.94. The van der Waals surface area contributed by atoms with Gasteiger partial charge in [0.1, 0.15) is 11.5 Å². The van der Waals surface area contributed by atoms with Gasteiger partial charge in [0.05, 0.1) is 29.0 Å². The molecule has 2 aliphatic heterocycles. The van der Waals surface area contributed by atoms with Gasteiger partial charge in [-0.3, -0.25) is 19.3 Å². The maximum Gasteiger partial charge on any atom is 0.387 e. The Bertz CT molecular complexity index is 1140. The second-order valence-electron chi connectivity index (χ2n) is 6.28. The number of terminal acetylenes is 1. The van der Waals surface area contributed by atoms with Crippen LogP contribution in [0.5, 0.6) is 11.5 Å². The number of hydrogen-bond acceptors (Lipinski definition) is 5. The lowest BCUT2D eigenvalue weighted by Crippen LogP contribution is -2.39. The number of hydrogen-bond donors (Lipinski definition) is 0. The van der Waals surface area contributed by atoms with Gasteiger partial charge in [-0.2, -0.15) is 8.78 Å². The van der Waals surface area contributed by atoms with Gasteiger partial charge in [0.25, 0.3) is 17.7 Å². The van der Waals surface area contributed by atoms with Crippen molar-refractivity contribution in [1.29, 1.82) is 0 Å². The number of fused-ring (bicyclic) bond motifs is 2. The maximum atomic E-state index is 14.8. The Balaban J connectivity index is 1.77. The minimum absolute atomic E-state index is 0.0235. The zero-order chi connectivity index (χ0) is 21.6. The summed E-state index contributed by atoms with van der Waals surface area (Å²) in [6.07, 6.45) is 5.28. The molecule has 0 atom stereocenters. The first-order valence-electron chi connectivity index (χ1n) is 8.49. The quantitative estimate of drug-likeness (QED) is 0.566. The van der Waals surface area contributed by atoms with Crippen LogP contribution in [0.25, 0.3) is 0 Å². The number of benzene rings is 2. The molecule has 152 valence electrons. The molecule has 30 heavy (non-hydrogen) atoms. The summed E-state index contributed by atoms with van der Waals surface area (Å²) in [7, 11) is 0. The molecule has 10 heteroatoms. The van der Waals surface area contributed by atoms with E-state index in [0.717, 1.165) is 35.2 Å². The summed E-state index contributed by atoms with van der Waals surface area (Å²) in [4.78, 5) is 39.3. The summed E-state index contributed by atoms with van der Waals surface area (Å²) in [6, 6.07) is 5.27. The number of amides is 3. The molecule has 2 aromatic rings. The van der Waals surface area contributed by atoms with Gasteiger partial charge in [0.15, 0.2) is 12.4 Å². The van der Waals surface area contributed by atoms with Gasteiger partial charge >= 0.3 is 6.61 Å². The highest BCUT2D eigenvalue weighted by atomic mass is 19.3. The number of anilines is 2. The van der Waals surface area contributed by atoms with Crippen molar-refractivity contribution >= 4 is 29.1 Å². The molecular formula is C20H11F3N2O5. The first kappa shape index (κ1) is 19.3. The van der Waals surface area contributed by atoms with E-state index in [-0.39, 0.29) is 41.5 Å². The van der Waals surface area contributed by atoms with Gasteiger partial charge in [-0.1, -0.05) is 5.92 Å². The molecule has 0 radical (unpaired) electrons. The predicted molar refractivity (Wildman–Crippen MR) is 97.3 cm³/mol. The lowest BCUT2D eigenvalue weighted by molar-refractivity contribution is -0.121. The molecular weight excluding hydrogens is 405 g/mol. The fourth-order valence-corrected chi connectivity index (χ4v) is 3.26.